The molecule has 13 nitrogen and oxygen atoms in total. The van der Waals surface area contributed by atoms with Crippen LogP contribution in [0.15, 0.2) is 12.5 Å². The summed E-state index contributed by atoms with van der Waals surface area (Å²) in [6.07, 6.45) is 4.89. The average molecular weight is 461 g/mol. The summed E-state index contributed by atoms with van der Waals surface area (Å²) in [6, 6.07) is -5.11. The van der Waals surface area contributed by atoms with E-state index in [1.165, 1.54) is 24.3 Å². The highest BCUT2D eigenvalue weighted by Crippen LogP contribution is 2.02. The number of nitrogens with zero attached hydrogens (tertiary/aromatic N) is 1. The van der Waals surface area contributed by atoms with Crippen molar-refractivity contribution >= 4 is 35.5 Å². The highest BCUT2D eigenvalue weighted by atomic mass is 32.2. The molecule has 0 radical (unpaired) electrons. The molecule has 1 aromatic heterocycles. The minimum absolute atomic E-state index is 0.0886. The monoisotopic (exact) mass is 460 g/mol. The van der Waals surface area contributed by atoms with Crippen LogP contribution in [-0.4, -0.2) is 98.4 Å². The van der Waals surface area contributed by atoms with Crippen LogP contribution in [0.4, 0.5) is 0 Å². The van der Waals surface area contributed by atoms with E-state index >= 15 is 0 Å². The molecule has 0 aliphatic heterocycles. The first kappa shape index (κ1) is 26.4. The molecule has 0 spiro atoms. The molecule has 0 bridgehead atoms. The first-order valence-electron chi connectivity index (χ1n) is 9.30. The molecule has 3 amide bonds. The zero-order chi connectivity index (χ0) is 23.4. The van der Waals surface area contributed by atoms with Crippen molar-refractivity contribution in [1.82, 2.24) is 25.9 Å². The Balaban J connectivity index is 2.87. The second-order valence-electron chi connectivity index (χ2n) is 6.56. The van der Waals surface area contributed by atoms with Gasteiger partial charge in [-0.05, 0) is 18.4 Å². The van der Waals surface area contributed by atoms with Gasteiger partial charge in [0, 0.05) is 18.3 Å². The van der Waals surface area contributed by atoms with Crippen molar-refractivity contribution in [2.24, 2.45) is 5.73 Å². The number of imidazole rings is 1. The van der Waals surface area contributed by atoms with Gasteiger partial charge < -0.3 is 42.0 Å². The van der Waals surface area contributed by atoms with Gasteiger partial charge in [-0.3, -0.25) is 14.4 Å². The molecule has 0 saturated carbocycles. The Kier molecular flexibility index (Phi) is 11.6. The number of hydrogen-bond donors (Lipinski definition) is 8. The van der Waals surface area contributed by atoms with E-state index < -0.39 is 61.1 Å². The molecule has 0 aromatic carbocycles. The lowest BCUT2D eigenvalue weighted by Crippen LogP contribution is -2.58. The number of carboxylic acid groups (broad SMARTS) is 1. The Hall–Kier alpha value is -2.68. The molecule has 31 heavy (non-hydrogen) atoms. The maximum atomic E-state index is 12.6. The van der Waals surface area contributed by atoms with E-state index in [0.717, 1.165) is 0 Å². The summed E-state index contributed by atoms with van der Waals surface area (Å²) < 4.78 is 0. The van der Waals surface area contributed by atoms with E-state index in [1.54, 1.807) is 0 Å². The quantitative estimate of drug-likeness (QED) is 0.137. The summed E-state index contributed by atoms with van der Waals surface area (Å²) in [5.41, 5.74) is 6.21. The van der Waals surface area contributed by atoms with Gasteiger partial charge in [0.15, 0.2) is 0 Å². The second kappa shape index (κ2) is 13.6. The Morgan fingerprint density at radius 1 is 1.06 bits per heavy atom. The van der Waals surface area contributed by atoms with Crippen molar-refractivity contribution in [3.63, 3.8) is 0 Å². The fourth-order valence-electron chi connectivity index (χ4n) is 2.40. The van der Waals surface area contributed by atoms with E-state index in [9.17, 15) is 24.3 Å². The number of rotatable bonds is 14. The summed E-state index contributed by atoms with van der Waals surface area (Å²) in [5, 5.41) is 34.5. The van der Waals surface area contributed by atoms with Gasteiger partial charge in [0.25, 0.3) is 0 Å². The van der Waals surface area contributed by atoms with E-state index in [-0.39, 0.29) is 6.42 Å². The number of nitrogens with two attached hydrogens (primary N) is 1. The Morgan fingerprint density at radius 2 is 1.65 bits per heavy atom. The fraction of sp³-hybridized carbons (Fsp3) is 0.588. The van der Waals surface area contributed by atoms with E-state index in [4.69, 9.17) is 15.9 Å². The van der Waals surface area contributed by atoms with Crippen molar-refractivity contribution in [3.05, 3.63) is 18.2 Å². The molecule has 9 N–H and O–H groups in total. The molecule has 1 rings (SSSR count). The van der Waals surface area contributed by atoms with E-state index in [1.807, 2.05) is 6.26 Å². The van der Waals surface area contributed by atoms with Gasteiger partial charge >= 0.3 is 5.97 Å². The van der Waals surface area contributed by atoms with Gasteiger partial charge in [0.05, 0.1) is 25.6 Å². The lowest BCUT2D eigenvalue weighted by atomic mass is 10.1. The first-order valence-corrected chi connectivity index (χ1v) is 10.7. The third kappa shape index (κ3) is 8.92. The molecule has 0 aliphatic rings. The van der Waals surface area contributed by atoms with Crippen molar-refractivity contribution < 1.29 is 34.5 Å². The number of H-pyrrole nitrogens is 1. The third-order valence-electron chi connectivity index (χ3n) is 4.19. The summed E-state index contributed by atoms with van der Waals surface area (Å²) >= 11 is 1.50. The number of aliphatic hydroxyl groups is 2. The van der Waals surface area contributed by atoms with Crippen LogP contribution in [0.1, 0.15) is 12.1 Å². The van der Waals surface area contributed by atoms with Gasteiger partial charge in [-0.2, -0.15) is 11.8 Å². The third-order valence-corrected chi connectivity index (χ3v) is 4.84. The van der Waals surface area contributed by atoms with Gasteiger partial charge in [-0.1, -0.05) is 0 Å². The number of aliphatic carboxylic acids is 1. The number of carboxylic acids is 1. The van der Waals surface area contributed by atoms with Crippen LogP contribution in [0.25, 0.3) is 0 Å². The van der Waals surface area contributed by atoms with Crippen molar-refractivity contribution in [2.45, 2.75) is 37.0 Å². The predicted molar refractivity (Wildman–Crippen MR) is 111 cm³/mol. The van der Waals surface area contributed by atoms with Crippen LogP contribution in [0.5, 0.6) is 0 Å². The Bertz CT molecular complexity index is 733. The van der Waals surface area contributed by atoms with Crippen molar-refractivity contribution in [3.8, 4) is 0 Å². The molecular weight excluding hydrogens is 432 g/mol. The Labute approximate surface area is 182 Å². The van der Waals surface area contributed by atoms with Crippen LogP contribution < -0.4 is 21.7 Å². The molecule has 4 atom stereocenters. The lowest BCUT2D eigenvalue weighted by Gasteiger charge is -2.23. The van der Waals surface area contributed by atoms with E-state index in [2.05, 4.69) is 25.9 Å². The average Bonchev–Trinajstić information content (AvgIpc) is 3.25. The minimum Gasteiger partial charge on any atom is -0.480 e. The molecule has 1 aromatic rings. The summed E-state index contributed by atoms with van der Waals surface area (Å²) in [7, 11) is 0. The zero-order valence-corrected chi connectivity index (χ0v) is 17.7. The molecule has 14 heteroatoms. The minimum atomic E-state index is -1.57. The molecule has 1 heterocycles. The molecule has 0 aliphatic carbocycles. The SMILES string of the molecule is CSCCC(N)C(=O)NC(CO)C(=O)NC(Cc1cnc[nH]1)C(=O)NC(CO)C(=O)O. The second-order valence-corrected chi connectivity index (χ2v) is 7.54. The largest absolute Gasteiger partial charge is 0.480 e. The number of aromatic nitrogens is 2. The van der Waals surface area contributed by atoms with Gasteiger partial charge in [-0.25, -0.2) is 9.78 Å². The molecule has 4 unspecified atom stereocenters. The number of carbonyl (C=O) groups is 4. The number of carbonyl (C=O) groups excluding carboxylic acids is 3. The summed E-state index contributed by atoms with van der Waals surface area (Å²) in [4.78, 5) is 54.9. The van der Waals surface area contributed by atoms with Crippen molar-refractivity contribution in [1.29, 1.82) is 0 Å². The number of aliphatic hydroxyl groups excluding tert-OH is 2. The summed E-state index contributed by atoms with van der Waals surface area (Å²) in [5.74, 6) is -3.22. The number of thioether (sulfide) groups is 1. The standard InChI is InChI=1S/C17H28N6O7S/c1-31-3-2-10(18)14(26)22-12(6-24)16(28)21-11(4-9-5-19-8-20-9)15(27)23-13(7-25)17(29)30/h5,8,10-13,24-25H,2-4,6-7,18H2,1H3,(H,19,20)(H,21,28)(H,22,26)(H,23,27)(H,29,30). The van der Waals surface area contributed by atoms with Gasteiger partial charge in [0.1, 0.15) is 18.1 Å². The van der Waals surface area contributed by atoms with Crippen LogP contribution in [0.3, 0.4) is 0 Å². The molecule has 0 fully saturated rings. The van der Waals surface area contributed by atoms with Crippen molar-refractivity contribution in [2.75, 3.05) is 25.2 Å². The number of hydrogen-bond acceptors (Lipinski definition) is 9. The number of amides is 3. The topological polar surface area (TPSA) is 220 Å². The first-order chi connectivity index (χ1) is 14.7. The maximum absolute atomic E-state index is 12.6. The van der Waals surface area contributed by atoms with E-state index in [0.29, 0.717) is 17.9 Å². The van der Waals surface area contributed by atoms with Crippen LogP contribution in [-0.2, 0) is 25.6 Å². The predicted octanol–water partition coefficient (Wildman–Crippen LogP) is -3.44. The van der Waals surface area contributed by atoms with Gasteiger partial charge in [0.2, 0.25) is 17.7 Å². The maximum Gasteiger partial charge on any atom is 0.328 e. The zero-order valence-electron chi connectivity index (χ0n) is 16.9. The molecule has 174 valence electrons. The lowest BCUT2D eigenvalue weighted by molar-refractivity contribution is -0.143. The number of aromatic amines is 1. The van der Waals surface area contributed by atoms with Crippen LogP contribution in [0, 0.1) is 0 Å². The fourth-order valence-corrected chi connectivity index (χ4v) is 2.89. The van der Waals surface area contributed by atoms with Crippen LogP contribution in [0.2, 0.25) is 0 Å². The van der Waals surface area contributed by atoms with Gasteiger partial charge in [-0.15, -0.1) is 0 Å². The molecule has 0 saturated heterocycles. The number of nitrogens with one attached hydrogen (secondary N) is 4. The Morgan fingerprint density at radius 3 is 2.16 bits per heavy atom. The highest BCUT2D eigenvalue weighted by molar-refractivity contribution is 7.98. The normalized spacial score (nSPS) is 14.7. The summed E-state index contributed by atoms with van der Waals surface area (Å²) in [6.45, 7) is -1.60. The smallest absolute Gasteiger partial charge is 0.328 e. The highest BCUT2D eigenvalue weighted by Gasteiger charge is 2.30. The molecular formula is C17H28N6O7S. The van der Waals surface area contributed by atoms with Crippen LogP contribution >= 0.6 is 11.8 Å².